The van der Waals surface area contributed by atoms with E-state index >= 15 is 0 Å². The fourth-order valence-electron chi connectivity index (χ4n) is 1.26. The number of alkyl halides is 2. The summed E-state index contributed by atoms with van der Waals surface area (Å²) in [4.78, 5) is 0. The highest BCUT2D eigenvalue weighted by atomic mass is 19.3. The molecule has 11 heavy (non-hydrogen) atoms. The van der Waals surface area contributed by atoms with Crippen molar-refractivity contribution in [2.45, 2.75) is 5.92 Å². The Bertz CT molecular complexity index is 283. The smallest absolute Gasteiger partial charge is 0.292 e. The van der Waals surface area contributed by atoms with Gasteiger partial charge in [-0.2, -0.15) is 8.78 Å². The van der Waals surface area contributed by atoms with E-state index in [9.17, 15) is 8.78 Å². The van der Waals surface area contributed by atoms with Crippen molar-refractivity contribution in [2.75, 3.05) is 11.9 Å². The molecule has 0 atom stereocenters. The van der Waals surface area contributed by atoms with Crippen LogP contribution in [0, 0.1) is 0 Å². The third-order valence-corrected chi connectivity index (χ3v) is 1.82. The molecule has 2 rings (SSSR count). The molecule has 1 heterocycles. The van der Waals surface area contributed by atoms with Crippen LogP contribution < -0.4 is 5.32 Å². The Labute approximate surface area is 63.0 Å². The molecular formula is C8H7F2N. The van der Waals surface area contributed by atoms with Crippen LogP contribution in [0.2, 0.25) is 0 Å². The molecule has 0 spiro atoms. The molecule has 0 saturated carbocycles. The molecule has 3 heteroatoms. The highest BCUT2D eigenvalue weighted by Crippen LogP contribution is 2.38. The van der Waals surface area contributed by atoms with E-state index in [1.165, 1.54) is 6.07 Å². The SMILES string of the molecule is FC1(F)CNc2ccccc21. The molecule has 1 aliphatic rings. The van der Waals surface area contributed by atoms with E-state index in [0.717, 1.165) is 0 Å². The van der Waals surface area contributed by atoms with Gasteiger partial charge in [-0.15, -0.1) is 0 Å². The predicted molar refractivity (Wildman–Crippen MR) is 38.8 cm³/mol. The second-order valence-electron chi connectivity index (χ2n) is 2.60. The molecule has 1 aliphatic heterocycles. The van der Waals surface area contributed by atoms with E-state index < -0.39 is 5.92 Å². The molecule has 0 aromatic heterocycles. The fourth-order valence-corrected chi connectivity index (χ4v) is 1.26. The molecule has 0 aliphatic carbocycles. The summed E-state index contributed by atoms with van der Waals surface area (Å²) >= 11 is 0. The summed E-state index contributed by atoms with van der Waals surface area (Å²) in [6.45, 7) is -0.271. The Balaban J connectivity index is 2.56. The average molecular weight is 155 g/mol. The van der Waals surface area contributed by atoms with Crippen LogP contribution >= 0.6 is 0 Å². The number of nitrogens with one attached hydrogen (secondary N) is 1. The van der Waals surface area contributed by atoms with Crippen LogP contribution in [0.15, 0.2) is 24.3 Å². The zero-order valence-corrected chi connectivity index (χ0v) is 5.77. The van der Waals surface area contributed by atoms with Crippen molar-refractivity contribution in [1.82, 2.24) is 0 Å². The largest absolute Gasteiger partial charge is 0.378 e. The quantitative estimate of drug-likeness (QED) is 0.605. The van der Waals surface area contributed by atoms with Gasteiger partial charge in [0.25, 0.3) is 5.92 Å². The Morgan fingerprint density at radius 2 is 2.00 bits per heavy atom. The summed E-state index contributed by atoms with van der Waals surface area (Å²) in [6.07, 6.45) is 0. The van der Waals surface area contributed by atoms with E-state index in [1.54, 1.807) is 18.2 Å². The Hall–Kier alpha value is -1.12. The van der Waals surface area contributed by atoms with Crippen LogP contribution in [-0.2, 0) is 5.92 Å². The predicted octanol–water partition coefficient (Wildman–Crippen LogP) is 2.20. The first-order chi connectivity index (χ1) is 5.20. The van der Waals surface area contributed by atoms with Crippen LogP contribution in [0.25, 0.3) is 0 Å². The van der Waals surface area contributed by atoms with E-state index in [-0.39, 0.29) is 12.1 Å². The van der Waals surface area contributed by atoms with Gasteiger partial charge < -0.3 is 5.32 Å². The van der Waals surface area contributed by atoms with Crippen molar-refractivity contribution in [3.8, 4) is 0 Å². The molecule has 0 fully saturated rings. The van der Waals surface area contributed by atoms with Crippen molar-refractivity contribution in [2.24, 2.45) is 0 Å². The third-order valence-electron chi connectivity index (χ3n) is 1.82. The molecule has 1 aromatic carbocycles. The monoisotopic (exact) mass is 155 g/mol. The van der Waals surface area contributed by atoms with Crippen LogP contribution in [0.5, 0.6) is 0 Å². The number of hydrogen-bond donors (Lipinski definition) is 1. The van der Waals surface area contributed by atoms with Gasteiger partial charge in [-0.05, 0) is 6.07 Å². The van der Waals surface area contributed by atoms with Gasteiger partial charge in [0.2, 0.25) is 0 Å². The lowest BCUT2D eigenvalue weighted by Gasteiger charge is -2.06. The van der Waals surface area contributed by atoms with E-state index in [2.05, 4.69) is 5.32 Å². The van der Waals surface area contributed by atoms with Crippen molar-refractivity contribution in [3.05, 3.63) is 29.8 Å². The summed E-state index contributed by atoms with van der Waals surface area (Å²) in [5, 5.41) is 2.64. The summed E-state index contributed by atoms with van der Waals surface area (Å²) in [5.74, 6) is -2.68. The van der Waals surface area contributed by atoms with Gasteiger partial charge >= 0.3 is 0 Å². The normalized spacial score (nSPS) is 19.1. The van der Waals surface area contributed by atoms with Crippen LogP contribution in [0.4, 0.5) is 14.5 Å². The van der Waals surface area contributed by atoms with E-state index in [1.807, 2.05) is 0 Å². The number of para-hydroxylation sites is 1. The summed E-state index contributed by atoms with van der Waals surface area (Å²) in [7, 11) is 0. The summed E-state index contributed by atoms with van der Waals surface area (Å²) < 4.78 is 25.7. The maximum absolute atomic E-state index is 12.9. The Morgan fingerprint density at radius 1 is 1.27 bits per heavy atom. The maximum Gasteiger partial charge on any atom is 0.292 e. The summed E-state index contributed by atoms with van der Waals surface area (Å²) in [5.41, 5.74) is 0.664. The molecule has 1 nitrogen and oxygen atoms in total. The first-order valence-corrected chi connectivity index (χ1v) is 3.41. The number of fused-ring (bicyclic) bond motifs is 1. The Morgan fingerprint density at radius 3 is 2.73 bits per heavy atom. The molecule has 1 aromatic rings. The molecule has 0 amide bonds. The first kappa shape index (κ1) is 6.58. The number of anilines is 1. The maximum atomic E-state index is 12.9. The minimum absolute atomic E-state index is 0.111. The second kappa shape index (κ2) is 1.94. The van der Waals surface area contributed by atoms with Gasteiger partial charge in [0.05, 0.1) is 6.54 Å². The number of halogens is 2. The molecule has 0 unspecified atom stereocenters. The lowest BCUT2D eigenvalue weighted by atomic mass is 10.1. The van der Waals surface area contributed by atoms with Crippen LogP contribution in [-0.4, -0.2) is 6.54 Å². The molecule has 0 saturated heterocycles. The molecule has 58 valence electrons. The molecule has 0 bridgehead atoms. The van der Waals surface area contributed by atoms with Gasteiger partial charge in [-0.25, -0.2) is 0 Å². The van der Waals surface area contributed by atoms with Gasteiger partial charge in [0.1, 0.15) is 0 Å². The second-order valence-corrected chi connectivity index (χ2v) is 2.60. The van der Waals surface area contributed by atoms with E-state index in [4.69, 9.17) is 0 Å². The van der Waals surface area contributed by atoms with Crippen molar-refractivity contribution in [1.29, 1.82) is 0 Å². The third kappa shape index (κ3) is 0.878. The molecular weight excluding hydrogens is 148 g/mol. The van der Waals surface area contributed by atoms with Crippen LogP contribution in [0.1, 0.15) is 5.56 Å². The highest BCUT2D eigenvalue weighted by Gasteiger charge is 2.38. The fraction of sp³-hybridized carbons (Fsp3) is 0.250. The molecule has 0 radical (unpaired) electrons. The zero-order valence-electron chi connectivity index (χ0n) is 5.77. The van der Waals surface area contributed by atoms with Crippen molar-refractivity contribution in [3.63, 3.8) is 0 Å². The molecule has 1 N–H and O–H groups in total. The van der Waals surface area contributed by atoms with Crippen molar-refractivity contribution < 1.29 is 8.78 Å². The topological polar surface area (TPSA) is 12.0 Å². The minimum Gasteiger partial charge on any atom is -0.378 e. The highest BCUT2D eigenvalue weighted by molar-refractivity contribution is 5.57. The van der Waals surface area contributed by atoms with Crippen molar-refractivity contribution >= 4 is 5.69 Å². The number of rotatable bonds is 0. The zero-order chi connectivity index (χ0) is 7.90. The first-order valence-electron chi connectivity index (χ1n) is 3.41. The van der Waals surface area contributed by atoms with Crippen LogP contribution in [0.3, 0.4) is 0 Å². The summed E-state index contributed by atoms with van der Waals surface area (Å²) in [6, 6.07) is 6.48. The minimum atomic E-state index is -2.68. The van der Waals surface area contributed by atoms with Gasteiger partial charge in [0.15, 0.2) is 0 Å². The number of hydrogen-bond acceptors (Lipinski definition) is 1. The average Bonchev–Trinajstić information content (AvgIpc) is 2.29. The van der Waals surface area contributed by atoms with Gasteiger partial charge in [0, 0.05) is 11.3 Å². The standard InChI is InChI=1S/C8H7F2N/c9-8(10)5-11-7-4-2-1-3-6(7)8/h1-4,11H,5H2. The Kier molecular flexibility index (Phi) is 1.16. The van der Waals surface area contributed by atoms with E-state index in [0.29, 0.717) is 5.69 Å². The van der Waals surface area contributed by atoms with Gasteiger partial charge in [-0.3, -0.25) is 0 Å². The lowest BCUT2D eigenvalue weighted by molar-refractivity contribution is 0.0185. The number of benzene rings is 1. The lowest BCUT2D eigenvalue weighted by Crippen LogP contribution is -2.14. The van der Waals surface area contributed by atoms with Gasteiger partial charge in [-0.1, -0.05) is 18.2 Å².